The molecule has 1 aromatic rings. The lowest BCUT2D eigenvalue weighted by molar-refractivity contribution is 0.351. The Morgan fingerprint density at radius 3 is 2.43 bits per heavy atom. The van der Waals surface area contributed by atoms with Gasteiger partial charge in [0.2, 0.25) is 10.0 Å². The second-order valence-corrected chi connectivity index (χ2v) is 10.0. The molecule has 21 heavy (non-hydrogen) atoms. The van der Waals surface area contributed by atoms with E-state index in [0.717, 1.165) is 5.56 Å². The predicted molar refractivity (Wildman–Crippen MR) is 86.2 cm³/mol. The minimum Gasteiger partial charge on any atom is -0.493 e. The van der Waals surface area contributed by atoms with E-state index in [9.17, 15) is 8.42 Å². The summed E-state index contributed by atoms with van der Waals surface area (Å²) in [5.74, 6) is 0.954. The van der Waals surface area contributed by atoms with Crippen molar-refractivity contribution < 1.29 is 17.9 Å². The summed E-state index contributed by atoms with van der Waals surface area (Å²) < 4.78 is 37.3. The smallest absolute Gasteiger partial charge is 0.244 e. The van der Waals surface area contributed by atoms with Gasteiger partial charge >= 0.3 is 0 Å². The molecule has 4 atom stereocenters. The molecule has 0 radical (unpaired) electrons. The summed E-state index contributed by atoms with van der Waals surface area (Å²) >= 11 is 7.21. The minimum absolute atomic E-state index is 0.00386. The molecule has 116 valence electrons. The van der Waals surface area contributed by atoms with Crippen LogP contribution in [0.5, 0.6) is 11.5 Å². The number of hydrogen-bond acceptors (Lipinski definition) is 4. The van der Waals surface area contributed by atoms with Crippen molar-refractivity contribution in [3.8, 4) is 11.5 Å². The highest BCUT2D eigenvalue weighted by atomic mass is 79.9. The molecule has 2 aliphatic heterocycles. The highest BCUT2D eigenvalue weighted by Crippen LogP contribution is 2.56. The number of hydrogen-bond donors (Lipinski definition) is 0. The van der Waals surface area contributed by atoms with E-state index in [-0.39, 0.29) is 15.2 Å². The van der Waals surface area contributed by atoms with Crippen LogP contribution in [0.15, 0.2) is 17.0 Å². The van der Waals surface area contributed by atoms with Crippen LogP contribution < -0.4 is 9.47 Å². The fourth-order valence-corrected chi connectivity index (χ4v) is 7.88. The molecule has 1 saturated heterocycles. The Kier molecular flexibility index (Phi) is 3.59. The number of nitrogens with zero attached hydrogens (tertiary/aromatic N) is 1. The molecule has 0 saturated carbocycles. The van der Waals surface area contributed by atoms with Crippen LogP contribution in [0.3, 0.4) is 0 Å². The van der Waals surface area contributed by atoms with E-state index >= 15 is 0 Å². The van der Waals surface area contributed by atoms with E-state index in [4.69, 9.17) is 9.47 Å². The van der Waals surface area contributed by atoms with Crippen molar-refractivity contribution in [1.29, 1.82) is 0 Å². The third kappa shape index (κ3) is 2.06. The average molecular weight is 441 g/mol. The van der Waals surface area contributed by atoms with Gasteiger partial charge in [-0.3, -0.25) is 0 Å². The highest BCUT2D eigenvalue weighted by molar-refractivity contribution is 9.10. The van der Waals surface area contributed by atoms with Gasteiger partial charge in [-0.15, -0.1) is 0 Å². The first-order chi connectivity index (χ1) is 9.74. The summed E-state index contributed by atoms with van der Waals surface area (Å²) in [5, 5.41) is 0. The Morgan fingerprint density at radius 1 is 1.29 bits per heavy atom. The lowest BCUT2D eigenvalue weighted by atomic mass is 9.89. The molecule has 2 aliphatic rings. The fourth-order valence-electron chi connectivity index (χ4n) is 3.10. The summed E-state index contributed by atoms with van der Waals surface area (Å²) in [5.41, 5.74) is 0.752. The van der Waals surface area contributed by atoms with Crippen LogP contribution in [-0.2, 0) is 10.0 Å². The Bertz CT molecular complexity index is 704. The molecule has 1 fully saturated rings. The molecule has 0 amide bonds. The molecule has 2 heterocycles. The summed E-state index contributed by atoms with van der Waals surface area (Å²) in [6.07, 6.45) is 0. The highest BCUT2D eigenvalue weighted by Gasteiger charge is 2.57. The van der Waals surface area contributed by atoms with Crippen molar-refractivity contribution in [3.05, 3.63) is 17.7 Å². The quantitative estimate of drug-likeness (QED) is 0.524. The first-order valence-electron chi connectivity index (χ1n) is 6.35. The summed E-state index contributed by atoms with van der Waals surface area (Å²) in [4.78, 5) is 0.0292. The SMILES string of the molecule is COc1cc2c(cc1OC)S(=O)(=O)N1C[C@](C)(Br)[C@@H]2[C@@H]1Br. The zero-order valence-corrected chi connectivity index (χ0v) is 15.7. The molecule has 0 N–H and O–H groups in total. The van der Waals surface area contributed by atoms with Crippen molar-refractivity contribution in [2.75, 3.05) is 20.8 Å². The van der Waals surface area contributed by atoms with Gasteiger partial charge in [-0.1, -0.05) is 31.9 Å². The summed E-state index contributed by atoms with van der Waals surface area (Å²) in [6.45, 7) is 2.42. The predicted octanol–water partition coefficient (Wildman–Crippen LogP) is 2.68. The normalized spacial score (nSPS) is 36.1. The number of ether oxygens (including phenoxy) is 2. The van der Waals surface area contributed by atoms with Crippen LogP contribution in [0.2, 0.25) is 0 Å². The lowest BCUT2D eigenvalue weighted by Gasteiger charge is -2.32. The van der Waals surface area contributed by atoms with Gasteiger partial charge in [0.1, 0.15) is 0 Å². The van der Waals surface area contributed by atoms with Crippen molar-refractivity contribution in [1.82, 2.24) is 4.31 Å². The average Bonchev–Trinajstić information content (AvgIpc) is 2.63. The maximum absolute atomic E-state index is 12.8. The largest absolute Gasteiger partial charge is 0.493 e. The van der Waals surface area contributed by atoms with E-state index in [1.807, 2.05) is 6.92 Å². The van der Waals surface area contributed by atoms with E-state index in [1.165, 1.54) is 11.4 Å². The first-order valence-corrected chi connectivity index (χ1v) is 9.49. The van der Waals surface area contributed by atoms with Crippen LogP contribution in [0.25, 0.3) is 0 Å². The molecule has 2 bridgehead atoms. The van der Waals surface area contributed by atoms with Gasteiger partial charge in [0.25, 0.3) is 0 Å². The number of methoxy groups -OCH3 is 2. The third-order valence-electron chi connectivity index (χ3n) is 4.10. The molecule has 8 heteroatoms. The number of alkyl halides is 2. The standard InChI is InChI=1S/C13H15Br2NO4S/c1-13(15)6-16-12(14)11(13)7-4-8(19-2)9(20-3)5-10(7)21(16,17)18/h4-5,11-12H,6H2,1-3H3/t11-,12+,13-/m0/s1. The Morgan fingerprint density at radius 2 is 1.86 bits per heavy atom. The topological polar surface area (TPSA) is 55.8 Å². The van der Waals surface area contributed by atoms with Gasteiger partial charge in [0.15, 0.2) is 11.5 Å². The number of fused-ring (bicyclic) bond motifs is 4. The molecule has 1 unspecified atom stereocenters. The van der Waals surface area contributed by atoms with E-state index in [2.05, 4.69) is 31.9 Å². The van der Waals surface area contributed by atoms with E-state index in [1.54, 1.807) is 19.2 Å². The van der Waals surface area contributed by atoms with Gasteiger partial charge in [0.05, 0.1) is 24.1 Å². The molecule has 0 spiro atoms. The zero-order chi connectivity index (χ0) is 15.6. The number of sulfonamides is 1. The summed E-state index contributed by atoms with van der Waals surface area (Å²) in [7, 11) is -0.509. The molecule has 0 aliphatic carbocycles. The van der Waals surface area contributed by atoms with Gasteiger partial charge < -0.3 is 9.47 Å². The van der Waals surface area contributed by atoms with Crippen molar-refractivity contribution >= 4 is 41.9 Å². The van der Waals surface area contributed by atoms with Crippen LogP contribution >= 0.6 is 31.9 Å². The molecule has 5 nitrogen and oxygen atoms in total. The number of rotatable bonds is 2. The van der Waals surface area contributed by atoms with Gasteiger partial charge in [-0.2, -0.15) is 4.31 Å². The molecular weight excluding hydrogens is 426 g/mol. The van der Waals surface area contributed by atoms with E-state index in [0.29, 0.717) is 22.9 Å². The lowest BCUT2D eigenvalue weighted by Crippen LogP contribution is -2.37. The first kappa shape index (κ1) is 15.6. The van der Waals surface area contributed by atoms with Crippen molar-refractivity contribution in [2.24, 2.45) is 0 Å². The molecule has 3 rings (SSSR count). The Balaban J connectivity index is 2.33. The Hall–Kier alpha value is -0.310. The molecule has 1 aromatic carbocycles. The van der Waals surface area contributed by atoms with Crippen LogP contribution in [0, 0.1) is 0 Å². The third-order valence-corrected chi connectivity index (χ3v) is 8.02. The monoisotopic (exact) mass is 439 g/mol. The van der Waals surface area contributed by atoms with E-state index < -0.39 is 10.0 Å². The van der Waals surface area contributed by atoms with Crippen LogP contribution in [0.1, 0.15) is 18.4 Å². The van der Waals surface area contributed by atoms with Crippen LogP contribution in [-0.4, -0.2) is 42.8 Å². The van der Waals surface area contributed by atoms with Crippen molar-refractivity contribution in [3.63, 3.8) is 0 Å². The maximum atomic E-state index is 12.8. The summed E-state index contributed by atoms with van der Waals surface area (Å²) in [6, 6.07) is 3.32. The van der Waals surface area contributed by atoms with Gasteiger partial charge in [-0.05, 0) is 18.6 Å². The zero-order valence-electron chi connectivity index (χ0n) is 11.8. The molecule has 0 aromatic heterocycles. The minimum atomic E-state index is -3.55. The van der Waals surface area contributed by atoms with Gasteiger partial charge in [-0.25, -0.2) is 8.42 Å². The molecular formula is C13H15Br2NO4S. The number of benzene rings is 1. The fraction of sp³-hybridized carbons (Fsp3) is 0.538. The van der Waals surface area contributed by atoms with Gasteiger partial charge in [0, 0.05) is 22.9 Å². The maximum Gasteiger partial charge on any atom is 0.244 e. The second-order valence-electron chi connectivity index (χ2n) is 5.42. The second kappa shape index (κ2) is 4.84. The van der Waals surface area contributed by atoms with Crippen LogP contribution in [0.4, 0.5) is 0 Å². The number of halogens is 2. The Labute approximate surface area is 140 Å². The van der Waals surface area contributed by atoms with Crippen molar-refractivity contribution in [2.45, 2.75) is 27.0 Å².